The predicted octanol–water partition coefficient (Wildman–Crippen LogP) is 4.32. The van der Waals surface area contributed by atoms with Gasteiger partial charge in [-0.2, -0.15) is 0 Å². The average molecular weight is 272 g/mol. The van der Waals surface area contributed by atoms with Crippen LogP contribution in [0.5, 0.6) is 0 Å². The Morgan fingerprint density at radius 1 is 1.25 bits per heavy atom. The van der Waals surface area contributed by atoms with Crippen LogP contribution in [0.1, 0.15) is 39.2 Å². The van der Waals surface area contributed by atoms with Crippen LogP contribution in [0.15, 0.2) is 36.4 Å². The summed E-state index contributed by atoms with van der Waals surface area (Å²) >= 11 is 0. The van der Waals surface area contributed by atoms with Crippen LogP contribution in [-0.2, 0) is 9.53 Å². The number of benzene rings is 1. The van der Waals surface area contributed by atoms with E-state index in [1.807, 2.05) is 25.1 Å². The third-order valence-electron chi connectivity index (χ3n) is 5.26. The molecule has 108 valence electrons. The highest BCUT2D eigenvalue weighted by Gasteiger charge is 2.55. The molecule has 0 saturated heterocycles. The molecule has 0 radical (unpaired) electrons. The average Bonchev–Trinajstić information content (AvgIpc) is 2.69. The van der Waals surface area contributed by atoms with Gasteiger partial charge in [0.15, 0.2) is 0 Å². The molecule has 1 fully saturated rings. The highest BCUT2D eigenvalue weighted by atomic mass is 16.5. The van der Waals surface area contributed by atoms with Gasteiger partial charge < -0.3 is 4.74 Å². The Morgan fingerprint density at radius 3 is 2.50 bits per heavy atom. The number of ether oxygens (including phenoxy) is 1. The van der Waals surface area contributed by atoms with Crippen molar-refractivity contribution >= 4 is 12.0 Å². The molecule has 0 aromatic heterocycles. The number of methoxy groups -OCH3 is 1. The quantitative estimate of drug-likeness (QED) is 0.766. The van der Waals surface area contributed by atoms with Crippen LogP contribution in [0.4, 0.5) is 0 Å². The molecule has 1 aromatic carbocycles. The lowest BCUT2D eigenvalue weighted by molar-refractivity contribution is -0.157. The van der Waals surface area contributed by atoms with Gasteiger partial charge in [-0.25, -0.2) is 0 Å². The van der Waals surface area contributed by atoms with Crippen molar-refractivity contribution in [1.82, 2.24) is 0 Å². The Kier molecular flexibility index (Phi) is 4.03. The number of rotatable bonds is 3. The molecule has 2 nitrogen and oxygen atoms in total. The maximum Gasteiger partial charge on any atom is 0.312 e. The van der Waals surface area contributed by atoms with Gasteiger partial charge in [-0.3, -0.25) is 4.79 Å². The lowest BCUT2D eigenvalue weighted by Gasteiger charge is -2.38. The summed E-state index contributed by atoms with van der Waals surface area (Å²) in [5.74, 6) is 0.310. The van der Waals surface area contributed by atoms with Crippen molar-refractivity contribution in [3.8, 4) is 0 Å². The Labute approximate surface area is 121 Å². The van der Waals surface area contributed by atoms with E-state index in [9.17, 15) is 4.79 Å². The Balaban J connectivity index is 2.20. The molecule has 0 N–H and O–H groups in total. The van der Waals surface area contributed by atoms with Crippen LogP contribution in [0.3, 0.4) is 0 Å². The van der Waals surface area contributed by atoms with Crippen molar-refractivity contribution in [3.05, 3.63) is 42.0 Å². The maximum absolute atomic E-state index is 12.1. The van der Waals surface area contributed by atoms with E-state index in [1.165, 1.54) is 12.7 Å². The van der Waals surface area contributed by atoms with Crippen molar-refractivity contribution < 1.29 is 9.53 Å². The minimum Gasteiger partial charge on any atom is -0.469 e. The molecule has 20 heavy (non-hydrogen) atoms. The van der Waals surface area contributed by atoms with Gasteiger partial charge in [0.2, 0.25) is 0 Å². The number of allylic oxidation sites excluding steroid dienone is 1. The highest BCUT2D eigenvalue weighted by Crippen LogP contribution is 2.57. The second kappa shape index (κ2) is 5.43. The minimum absolute atomic E-state index is 0.0851. The second-order valence-electron chi connectivity index (χ2n) is 6.46. The summed E-state index contributed by atoms with van der Waals surface area (Å²) < 4.78 is 5.02. The molecule has 1 aromatic rings. The van der Waals surface area contributed by atoms with Crippen LogP contribution in [-0.4, -0.2) is 13.1 Å². The number of hydrogen-bond acceptors (Lipinski definition) is 2. The van der Waals surface area contributed by atoms with Gasteiger partial charge in [0, 0.05) is 0 Å². The Bertz CT molecular complexity index is 501. The molecule has 2 unspecified atom stereocenters. The van der Waals surface area contributed by atoms with Crippen LogP contribution in [0.25, 0.3) is 6.08 Å². The number of esters is 1. The van der Waals surface area contributed by atoms with Gasteiger partial charge in [0.1, 0.15) is 0 Å². The van der Waals surface area contributed by atoms with Crippen molar-refractivity contribution in [3.63, 3.8) is 0 Å². The number of carbonyl (C=O) groups excluding carboxylic acids is 1. The van der Waals surface area contributed by atoms with Crippen molar-refractivity contribution in [2.24, 2.45) is 16.7 Å². The molecular weight excluding hydrogens is 248 g/mol. The van der Waals surface area contributed by atoms with Gasteiger partial charge in [-0.15, -0.1) is 0 Å². The first-order chi connectivity index (χ1) is 9.41. The summed E-state index contributed by atoms with van der Waals surface area (Å²) in [6, 6.07) is 10.3. The molecule has 2 rings (SSSR count). The van der Waals surface area contributed by atoms with Gasteiger partial charge in [-0.1, -0.05) is 56.3 Å². The van der Waals surface area contributed by atoms with E-state index in [0.29, 0.717) is 5.92 Å². The summed E-state index contributed by atoms with van der Waals surface area (Å²) in [4.78, 5) is 12.1. The molecule has 1 aliphatic rings. The SMILES string of the molecule is COC(=O)C1(C)CCC(C=Cc2ccccc2)C1(C)C. The summed E-state index contributed by atoms with van der Waals surface area (Å²) in [7, 11) is 1.48. The van der Waals surface area contributed by atoms with Gasteiger partial charge in [-0.05, 0) is 36.7 Å². The fourth-order valence-corrected chi connectivity index (χ4v) is 3.25. The monoisotopic (exact) mass is 272 g/mol. The minimum atomic E-state index is -0.395. The molecule has 1 saturated carbocycles. The van der Waals surface area contributed by atoms with E-state index in [-0.39, 0.29) is 11.4 Å². The van der Waals surface area contributed by atoms with E-state index in [0.717, 1.165) is 12.8 Å². The van der Waals surface area contributed by atoms with Gasteiger partial charge in [0.05, 0.1) is 12.5 Å². The van der Waals surface area contributed by atoms with Crippen molar-refractivity contribution in [2.45, 2.75) is 33.6 Å². The third kappa shape index (κ3) is 2.39. The molecule has 2 atom stereocenters. The highest BCUT2D eigenvalue weighted by molar-refractivity contribution is 5.78. The summed E-state index contributed by atoms with van der Waals surface area (Å²) in [5, 5.41) is 0. The van der Waals surface area contributed by atoms with Crippen molar-refractivity contribution in [2.75, 3.05) is 7.11 Å². The van der Waals surface area contributed by atoms with E-state index in [4.69, 9.17) is 4.74 Å². The standard InChI is InChI=1S/C18H24O2/c1-17(2)15(11-10-14-8-6-5-7-9-14)12-13-18(17,3)16(19)20-4/h5-11,15H,12-13H2,1-4H3. The predicted molar refractivity (Wildman–Crippen MR) is 82.1 cm³/mol. The largest absolute Gasteiger partial charge is 0.469 e. The zero-order valence-corrected chi connectivity index (χ0v) is 12.8. The summed E-state index contributed by atoms with van der Waals surface area (Å²) in [5.41, 5.74) is 0.716. The lowest BCUT2D eigenvalue weighted by Crippen LogP contribution is -2.41. The first-order valence-corrected chi connectivity index (χ1v) is 7.23. The molecule has 0 aliphatic heterocycles. The normalized spacial score (nSPS) is 28.7. The molecule has 0 spiro atoms. The van der Waals surface area contributed by atoms with E-state index >= 15 is 0 Å². The molecule has 1 aliphatic carbocycles. The van der Waals surface area contributed by atoms with Crippen LogP contribution < -0.4 is 0 Å². The summed E-state index contributed by atoms with van der Waals surface area (Å²) in [6.45, 7) is 6.39. The maximum atomic E-state index is 12.1. The first-order valence-electron chi connectivity index (χ1n) is 7.23. The van der Waals surface area contributed by atoms with Crippen LogP contribution in [0.2, 0.25) is 0 Å². The molecule has 0 bridgehead atoms. The number of hydrogen-bond donors (Lipinski definition) is 0. The fraction of sp³-hybridized carbons (Fsp3) is 0.500. The molecular formula is C18H24O2. The topological polar surface area (TPSA) is 26.3 Å². The van der Waals surface area contributed by atoms with Crippen LogP contribution >= 0.6 is 0 Å². The third-order valence-corrected chi connectivity index (χ3v) is 5.26. The van der Waals surface area contributed by atoms with Gasteiger partial charge >= 0.3 is 5.97 Å². The Hall–Kier alpha value is -1.57. The van der Waals surface area contributed by atoms with E-state index < -0.39 is 5.41 Å². The molecule has 2 heteroatoms. The first kappa shape index (κ1) is 14.8. The van der Waals surface area contributed by atoms with E-state index in [1.54, 1.807) is 0 Å². The molecule has 0 amide bonds. The van der Waals surface area contributed by atoms with E-state index in [2.05, 4.69) is 38.1 Å². The second-order valence-corrected chi connectivity index (χ2v) is 6.46. The summed E-state index contributed by atoms with van der Waals surface area (Å²) in [6.07, 6.45) is 6.33. The van der Waals surface area contributed by atoms with Crippen molar-refractivity contribution in [1.29, 1.82) is 0 Å². The zero-order valence-electron chi connectivity index (χ0n) is 12.8. The van der Waals surface area contributed by atoms with Crippen LogP contribution in [0, 0.1) is 16.7 Å². The number of carbonyl (C=O) groups is 1. The lowest BCUT2D eigenvalue weighted by atomic mass is 9.65. The smallest absolute Gasteiger partial charge is 0.312 e. The Morgan fingerprint density at radius 2 is 1.90 bits per heavy atom. The molecule has 0 heterocycles. The van der Waals surface area contributed by atoms with Gasteiger partial charge in [0.25, 0.3) is 0 Å². The fourth-order valence-electron chi connectivity index (χ4n) is 3.25. The zero-order chi connectivity index (χ0) is 14.8.